The molecule has 5 nitrogen and oxygen atoms in total. The molecule has 1 saturated carbocycles. The van der Waals surface area contributed by atoms with Gasteiger partial charge in [0, 0.05) is 0 Å². The lowest BCUT2D eigenvalue weighted by Crippen LogP contribution is -2.30. The SMILES string of the molecule is O=C(Cc1ccccc1C(=O)O)NOC1CCCC1. The fraction of sp³-hybridized carbons (Fsp3) is 0.429. The van der Waals surface area contributed by atoms with Gasteiger partial charge in [-0.3, -0.25) is 9.63 Å². The largest absolute Gasteiger partial charge is 0.478 e. The van der Waals surface area contributed by atoms with E-state index in [0.29, 0.717) is 5.56 Å². The van der Waals surface area contributed by atoms with E-state index in [-0.39, 0.29) is 24.0 Å². The average molecular weight is 263 g/mol. The topological polar surface area (TPSA) is 75.6 Å². The van der Waals surface area contributed by atoms with Gasteiger partial charge in [0.05, 0.1) is 18.1 Å². The second-order valence-electron chi connectivity index (χ2n) is 4.69. The van der Waals surface area contributed by atoms with Gasteiger partial charge in [-0.25, -0.2) is 10.3 Å². The summed E-state index contributed by atoms with van der Waals surface area (Å²) in [6, 6.07) is 6.48. The van der Waals surface area contributed by atoms with Crippen LogP contribution in [0.3, 0.4) is 0 Å². The van der Waals surface area contributed by atoms with Crippen molar-refractivity contribution in [1.29, 1.82) is 0 Å². The number of nitrogens with one attached hydrogen (secondary N) is 1. The number of hydrogen-bond donors (Lipinski definition) is 2. The number of hydroxylamine groups is 1. The van der Waals surface area contributed by atoms with Gasteiger partial charge in [-0.2, -0.15) is 0 Å². The molecule has 0 spiro atoms. The van der Waals surface area contributed by atoms with Crippen LogP contribution in [0.1, 0.15) is 41.6 Å². The Morgan fingerprint density at radius 1 is 1.26 bits per heavy atom. The van der Waals surface area contributed by atoms with Gasteiger partial charge in [-0.15, -0.1) is 0 Å². The molecule has 2 N–H and O–H groups in total. The minimum Gasteiger partial charge on any atom is -0.478 e. The lowest BCUT2D eigenvalue weighted by Gasteiger charge is -2.12. The molecule has 1 aliphatic rings. The Labute approximate surface area is 111 Å². The normalized spacial score (nSPS) is 15.4. The number of rotatable bonds is 5. The molecule has 19 heavy (non-hydrogen) atoms. The Balaban J connectivity index is 1.89. The van der Waals surface area contributed by atoms with Crippen LogP contribution in [-0.2, 0) is 16.1 Å². The highest BCUT2D eigenvalue weighted by molar-refractivity contribution is 5.91. The van der Waals surface area contributed by atoms with Crippen LogP contribution in [0.25, 0.3) is 0 Å². The molecule has 0 aliphatic heterocycles. The molecular formula is C14H17NO4. The van der Waals surface area contributed by atoms with E-state index in [1.807, 2.05) is 0 Å². The lowest BCUT2D eigenvalue weighted by atomic mass is 10.0. The highest BCUT2D eigenvalue weighted by Gasteiger charge is 2.18. The zero-order valence-corrected chi connectivity index (χ0v) is 10.6. The van der Waals surface area contributed by atoms with Crippen LogP contribution in [-0.4, -0.2) is 23.1 Å². The van der Waals surface area contributed by atoms with E-state index < -0.39 is 5.97 Å². The number of aromatic carboxylic acids is 1. The third-order valence-corrected chi connectivity index (χ3v) is 3.24. The maximum atomic E-state index is 11.7. The highest BCUT2D eigenvalue weighted by Crippen LogP contribution is 2.19. The van der Waals surface area contributed by atoms with Crippen molar-refractivity contribution in [1.82, 2.24) is 5.48 Å². The van der Waals surface area contributed by atoms with Gasteiger partial charge in [0.1, 0.15) is 0 Å². The monoisotopic (exact) mass is 263 g/mol. The summed E-state index contributed by atoms with van der Waals surface area (Å²) in [5, 5.41) is 9.02. The first-order valence-corrected chi connectivity index (χ1v) is 6.42. The van der Waals surface area contributed by atoms with Crippen molar-refractivity contribution >= 4 is 11.9 Å². The Kier molecular flexibility index (Phi) is 4.52. The Morgan fingerprint density at radius 2 is 1.95 bits per heavy atom. The first kappa shape index (κ1) is 13.5. The van der Waals surface area contributed by atoms with Crippen LogP contribution in [0.15, 0.2) is 24.3 Å². The summed E-state index contributed by atoms with van der Waals surface area (Å²) in [6.07, 6.45) is 4.29. The van der Waals surface area contributed by atoms with Crippen LogP contribution in [0.5, 0.6) is 0 Å². The van der Waals surface area contributed by atoms with Crippen molar-refractivity contribution in [2.24, 2.45) is 0 Å². The molecule has 102 valence electrons. The summed E-state index contributed by atoms with van der Waals surface area (Å²) < 4.78 is 0. The molecule has 1 aromatic rings. The molecule has 1 aromatic carbocycles. The molecule has 1 fully saturated rings. The van der Waals surface area contributed by atoms with E-state index in [1.165, 1.54) is 6.07 Å². The number of carboxylic acid groups (broad SMARTS) is 1. The molecule has 0 bridgehead atoms. The van der Waals surface area contributed by atoms with Crippen molar-refractivity contribution in [3.63, 3.8) is 0 Å². The van der Waals surface area contributed by atoms with Gasteiger partial charge in [-0.1, -0.05) is 31.0 Å². The summed E-state index contributed by atoms with van der Waals surface area (Å²) >= 11 is 0. The highest BCUT2D eigenvalue weighted by atomic mass is 16.7. The second-order valence-corrected chi connectivity index (χ2v) is 4.69. The standard InChI is InChI=1S/C14H17NO4/c16-13(15-19-11-6-2-3-7-11)9-10-5-1-4-8-12(10)14(17)18/h1,4-5,8,11H,2-3,6-7,9H2,(H,15,16)(H,17,18). The lowest BCUT2D eigenvalue weighted by molar-refractivity contribution is -0.137. The minimum absolute atomic E-state index is 0.00912. The molecule has 0 atom stereocenters. The smallest absolute Gasteiger partial charge is 0.335 e. The number of hydrogen-bond acceptors (Lipinski definition) is 3. The molecule has 1 amide bonds. The number of amides is 1. The summed E-state index contributed by atoms with van der Waals surface area (Å²) in [5.41, 5.74) is 3.05. The molecule has 2 rings (SSSR count). The maximum absolute atomic E-state index is 11.7. The number of carbonyl (C=O) groups excluding carboxylic acids is 1. The second kappa shape index (κ2) is 6.33. The van der Waals surface area contributed by atoms with Crippen LogP contribution in [0.2, 0.25) is 0 Å². The van der Waals surface area contributed by atoms with Crippen LogP contribution in [0.4, 0.5) is 0 Å². The van der Waals surface area contributed by atoms with Gasteiger partial charge < -0.3 is 5.11 Å². The molecule has 1 aliphatic carbocycles. The average Bonchev–Trinajstić information content (AvgIpc) is 2.90. The minimum atomic E-state index is -1.03. The van der Waals surface area contributed by atoms with Crippen LogP contribution >= 0.6 is 0 Å². The van der Waals surface area contributed by atoms with E-state index in [9.17, 15) is 9.59 Å². The van der Waals surface area contributed by atoms with Gasteiger partial charge >= 0.3 is 5.97 Å². The van der Waals surface area contributed by atoms with Crippen molar-refractivity contribution < 1.29 is 19.5 Å². The van der Waals surface area contributed by atoms with Gasteiger partial charge in [-0.05, 0) is 24.5 Å². The zero-order chi connectivity index (χ0) is 13.7. The molecule has 0 heterocycles. The predicted molar refractivity (Wildman–Crippen MR) is 68.6 cm³/mol. The Bertz CT molecular complexity index is 466. The molecule has 5 heteroatoms. The molecule has 0 aromatic heterocycles. The Morgan fingerprint density at radius 3 is 2.63 bits per heavy atom. The summed E-state index contributed by atoms with van der Waals surface area (Å²) in [7, 11) is 0. The first-order chi connectivity index (χ1) is 9.16. The van der Waals surface area contributed by atoms with Crippen molar-refractivity contribution in [3.05, 3.63) is 35.4 Å². The van der Waals surface area contributed by atoms with Crippen molar-refractivity contribution in [2.45, 2.75) is 38.2 Å². The Hall–Kier alpha value is -1.88. The summed E-state index contributed by atoms with van der Waals surface area (Å²) in [5.74, 6) is -1.35. The first-order valence-electron chi connectivity index (χ1n) is 6.42. The molecular weight excluding hydrogens is 246 g/mol. The third kappa shape index (κ3) is 3.79. The summed E-state index contributed by atoms with van der Waals surface area (Å²) in [6.45, 7) is 0. The zero-order valence-electron chi connectivity index (χ0n) is 10.6. The summed E-state index contributed by atoms with van der Waals surface area (Å²) in [4.78, 5) is 28.0. The predicted octanol–water partition coefficient (Wildman–Crippen LogP) is 1.92. The quantitative estimate of drug-likeness (QED) is 0.796. The van der Waals surface area contributed by atoms with Crippen molar-refractivity contribution in [2.75, 3.05) is 0 Å². The number of benzene rings is 1. The van der Waals surface area contributed by atoms with E-state index in [1.54, 1.807) is 18.2 Å². The molecule has 0 saturated heterocycles. The third-order valence-electron chi connectivity index (χ3n) is 3.24. The fourth-order valence-corrected chi connectivity index (χ4v) is 2.25. The molecule has 0 radical (unpaired) electrons. The molecule has 0 unspecified atom stereocenters. The van der Waals surface area contributed by atoms with E-state index in [0.717, 1.165) is 25.7 Å². The van der Waals surface area contributed by atoms with E-state index >= 15 is 0 Å². The maximum Gasteiger partial charge on any atom is 0.335 e. The van der Waals surface area contributed by atoms with E-state index in [2.05, 4.69) is 5.48 Å². The number of carboxylic acids is 1. The van der Waals surface area contributed by atoms with Crippen LogP contribution in [0, 0.1) is 0 Å². The fourth-order valence-electron chi connectivity index (χ4n) is 2.25. The van der Waals surface area contributed by atoms with Crippen LogP contribution < -0.4 is 5.48 Å². The number of carbonyl (C=O) groups is 2. The van der Waals surface area contributed by atoms with E-state index in [4.69, 9.17) is 9.94 Å². The van der Waals surface area contributed by atoms with Gasteiger partial charge in [0.2, 0.25) is 5.91 Å². The van der Waals surface area contributed by atoms with Crippen molar-refractivity contribution in [3.8, 4) is 0 Å². The van der Waals surface area contributed by atoms with Gasteiger partial charge in [0.25, 0.3) is 0 Å². The van der Waals surface area contributed by atoms with Gasteiger partial charge in [0.15, 0.2) is 0 Å².